The Morgan fingerprint density at radius 1 is 1.53 bits per heavy atom. The molecule has 0 unspecified atom stereocenters. The number of nitriles is 1. The van der Waals surface area contributed by atoms with Crippen molar-refractivity contribution >= 4 is 5.69 Å². The highest BCUT2D eigenvalue weighted by molar-refractivity contribution is 5.48. The number of halogens is 1. The van der Waals surface area contributed by atoms with E-state index in [2.05, 4.69) is 15.4 Å². The van der Waals surface area contributed by atoms with Gasteiger partial charge in [-0.2, -0.15) is 10.4 Å². The van der Waals surface area contributed by atoms with E-state index in [1.807, 2.05) is 0 Å². The van der Waals surface area contributed by atoms with Gasteiger partial charge in [0.2, 0.25) is 0 Å². The zero-order valence-electron chi connectivity index (χ0n) is 9.18. The molecule has 0 aliphatic carbocycles. The molecule has 0 fully saturated rings. The SMILES string of the molecule is Cn1cnc(CNc2ccc(C#N)c(F)c2)n1. The minimum Gasteiger partial charge on any atom is -0.378 e. The third-order valence-electron chi connectivity index (χ3n) is 2.19. The summed E-state index contributed by atoms with van der Waals surface area (Å²) in [6.07, 6.45) is 1.59. The standard InChI is InChI=1S/C11H10FN5/c1-17-7-15-11(16-17)6-14-9-3-2-8(5-13)10(12)4-9/h2-4,7,14H,6H2,1H3. The van der Waals surface area contributed by atoms with Crippen molar-refractivity contribution in [2.75, 3.05) is 5.32 Å². The van der Waals surface area contributed by atoms with Crippen LogP contribution in [-0.2, 0) is 13.6 Å². The molecule has 1 aromatic heterocycles. The molecule has 0 amide bonds. The molecule has 0 saturated heterocycles. The Morgan fingerprint density at radius 3 is 2.94 bits per heavy atom. The number of hydrogen-bond donors (Lipinski definition) is 1. The first-order chi connectivity index (χ1) is 8.19. The van der Waals surface area contributed by atoms with Crippen LogP contribution in [0.4, 0.5) is 10.1 Å². The van der Waals surface area contributed by atoms with E-state index < -0.39 is 5.82 Å². The van der Waals surface area contributed by atoms with E-state index in [4.69, 9.17) is 5.26 Å². The normalized spacial score (nSPS) is 9.94. The van der Waals surface area contributed by atoms with Crippen molar-refractivity contribution in [1.82, 2.24) is 14.8 Å². The van der Waals surface area contributed by atoms with Crippen molar-refractivity contribution < 1.29 is 4.39 Å². The van der Waals surface area contributed by atoms with Crippen LogP contribution in [0.3, 0.4) is 0 Å². The number of aryl methyl sites for hydroxylation is 1. The van der Waals surface area contributed by atoms with Crippen molar-refractivity contribution in [2.24, 2.45) is 7.05 Å². The van der Waals surface area contributed by atoms with Gasteiger partial charge in [-0.3, -0.25) is 4.68 Å². The van der Waals surface area contributed by atoms with Gasteiger partial charge in [0, 0.05) is 12.7 Å². The zero-order chi connectivity index (χ0) is 12.3. The lowest BCUT2D eigenvalue weighted by Crippen LogP contribution is -2.02. The number of aromatic nitrogens is 3. The van der Waals surface area contributed by atoms with Crippen LogP contribution < -0.4 is 5.32 Å². The number of benzene rings is 1. The molecule has 5 nitrogen and oxygen atoms in total. The van der Waals surface area contributed by atoms with Gasteiger partial charge in [0.1, 0.15) is 18.2 Å². The van der Waals surface area contributed by atoms with Gasteiger partial charge in [0.15, 0.2) is 5.82 Å². The van der Waals surface area contributed by atoms with E-state index in [-0.39, 0.29) is 5.56 Å². The first-order valence-electron chi connectivity index (χ1n) is 4.97. The fourth-order valence-corrected chi connectivity index (χ4v) is 1.36. The fraction of sp³-hybridized carbons (Fsp3) is 0.182. The Labute approximate surface area is 97.5 Å². The van der Waals surface area contributed by atoms with Crippen molar-refractivity contribution in [3.63, 3.8) is 0 Å². The molecule has 0 saturated carbocycles. The molecule has 2 rings (SSSR count). The molecule has 6 heteroatoms. The summed E-state index contributed by atoms with van der Waals surface area (Å²) >= 11 is 0. The number of nitrogens with one attached hydrogen (secondary N) is 1. The molecule has 2 aromatic rings. The Kier molecular flexibility index (Phi) is 3.01. The predicted octanol–water partition coefficient (Wildman–Crippen LogP) is 1.44. The average molecular weight is 231 g/mol. The third-order valence-corrected chi connectivity index (χ3v) is 2.19. The first kappa shape index (κ1) is 11.1. The Hall–Kier alpha value is -2.42. The zero-order valence-corrected chi connectivity index (χ0v) is 9.18. The Morgan fingerprint density at radius 2 is 2.35 bits per heavy atom. The summed E-state index contributed by atoms with van der Waals surface area (Å²) in [5, 5.41) is 15.6. The Balaban J connectivity index is 2.05. The largest absolute Gasteiger partial charge is 0.378 e. The summed E-state index contributed by atoms with van der Waals surface area (Å²) in [6, 6.07) is 6.13. The number of rotatable bonds is 3. The van der Waals surface area contributed by atoms with Crippen molar-refractivity contribution in [1.29, 1.82) is 5.26 Å². The van der Waals surface area contributed by atoms with Gasteiger partial charge < -0.3 is 5.32 Å². The number of nitrogens with zero attached hydrogens (tertiary/aromatic N) is 4. The highest BCUT2D eigenvalue weighted by Crippen LogP contribution is 2.14. The van der Waals surface area contributed by atoms with Crippen molar-refractivity contribution in [3.8, 4) is 6.07 Å². The lowest BCUT2D eigenvalue weighted by molar-refractivity contribution is 0.624. The summed E-state index contributed by atoms with van der Waals surface area (Å²) in [5.41, 5.74) is 0.625. The van der Waals surface area contributed by atoms with Crippen LogP contribution in [0.1, 0.15) is 11.4 Å². The van der Waals surface area contributed by atoms with Crippen LogP contribution in [0.2, 0.25) is 0 Å². The van der Waals surface area contributed by atoms with Gasteiger partial charge >= 0.3 is 0 Å². The molecular formula is C11H10FN5. The van der Waals surface area contributed by atoms with Gasteiger partial charge in [0.05, 0.1) is 12.1 Å². The lowest BCUT2D eigenvalue weighted by atomic mass is 10.2. The molecule has 0 aliphatic heterocycles. The van der Waals surface area contributed by atoms with E-state index in [1.54, 1.807) is 30.2 Å². The molecule has 0 bridgehead atoms. The second-order valence-electron chi connectivity index (χ2n) is 3.49. The highest BCUT2D eigenvalue weighted by Gasteiger charge is 2.03. The highest BCUT2D eigenvalue weighted by atomic mass is 19.1. The molecule has 0 aliphatic rings. The molecular weight excluding hydrogens is 221 g/mol. The number of hydrogen-bond acceptors (Lipinski definition) is 4. The molecule has 86 valence electrons. The maximum atomic E-state index is 13.3. The van der Waals surface area contributed by atoms with Crippen LogP contribution in [0, 0.1) is 17.1 Å². The van der Waals surface area contributed by atoms with Gasteiger partial charge in [-0.15, -0.1) is 0 Å². The number of anilines is 1. The summed E-state index contributed by atoms with van der Waals surface area (Å²) in [6.45, 7) is 0.409. The Bertz CT molecular complexity index is 569. The second-order valence-corrected chi connectivity index (χ2v) is 3.49. The maximum absolute atomic E-state index is 13.3. The van der Waals surface area contributed by atoms with Gasteiger partial charge in [0.25, 0.3) is 0 Å². The van der Waals surface area contributed by atoms with Crippen LogP contribution in [0.15, 0.2) is 24.5 Å². The van der Waals surface area contributed by atoms with E-state index >= 15 is 0 Å². The minimum atomic E-state index is -0.536. The van der Waals surface area contributed by atoms with Crippen LogP contribution in [0.25, 0.3) is 0 Å². The molecule has 1 heterocycles. The van der Waals surface area contributed by atoms with E-state index in [0.29, 0.717) is 18.1 Å². The molecule has 17 heavy (non-hydrogen) atoms. The fourth-order valence-electron chi connectivity index (χ4n) is 1.36. The predicted molar refractivity (Wildman–Crippen MR) is 59.4 cm³/mol. The monoisotopic (exact) mass is 231 g/mol. The van der Waals surface area contributed by atoms with Crippen LogP contribution in [0.5, 0.6) is 0 Å². The molecule has 0 radical (unpaired) electrons. The summed E-state index contributed by atoms with van der Waals surface area (Å²) in [7, 11) is 1.78. The van der Waals surface area contributed by atoms with E-state index in [1.165, 1.54) is 12.1 Å². The topological polar surface area (TPSA) is 66.5 Å². The van der Waals surface area contributed by atoms with Crippen molar-refractivity contribution in [2.45, 2.75) is 6.54 Å². The lowest BCUT2D eigenvalue weighted by Gasteiger charge is -2.04. The quantitative estimate of drug-likeness (QED) is 0.867. The van der Waals surface area contributed by atoms with E-state index in [9.17, 15) is 4.39 Å². The van der Waals surface area contributed by atoms with Crippen LogP contribution in [-0.4, -0.2) is 14.8 Å². The summed E-state index contributed by atoms with van der Waals surface area (Å²) in [4.78, 5) is 4.03. The van der Waals surface area contributed by atoms with Gasteiger partial charge in [-0.05, 0) is 18.2 Å². The van der Waals surface area contributed by atoms with E-state index in [0.717, 1.165) is 0 Å². The summed E-state index contributed by atoms with van der Waals surface area (Å²) < 4.78 is 14.9. The molecule has 1 aromatic carbocycles. The molecule has 1 N–H and O–H groups in total. The molecule has 0 atom stereocenters. The van der Waals surface area contributed by atoms with Gasteiger partial charge in [-0.25, -0.2) is 9.37 Å². The summed E-state index contributed by atoms with van der Waals surface area (Å²) in [5.74, 6) is 0.0868. The third kappa shape index (κ3) is 2.58. The average Bonchev–Trinajstić information content (AvgIpc) is 2.73. The van der Waals surface area contributed by atoms with Crippen LogP contribution >= 0.6 is 0 Å². The minimum absolute atomic E-state index is 0.0338. The maximum Gasteiger partial charge on any atom is 0.169 e. The smallest absolute Gasteiger partial charge is 0.169 e. The van der Waals surface area contributed by atoms with Crippen molar-refractivity contribution in [3.05, 3.63) is 41.7 Å². The second kappa shape index (κ2) is 4.61. The first-order valence-corrected chi connectivity index (χ1v) is 4.97. The molecule has 0 spiro atoms. The van der Waals surface area contributed by atoms with Gasteiger partial charge in [-0.1, -0.05) is 0 Å².